The van der Waals surface area contributed by atoms with E-state index in [1.165, 1.54) is 0 Å². The predicted octanol–water partition coefficient (Wildman–Crippen LogP) is 3.30. The molecule has 3 aromatic rings. The molecule has 0 aliphatic carbocycles. The SMILES string of the molecule is CC(Nc1ccnc2cc(Br)ccc12)c1nncn1C. The number of aromatic nitrogens is 4. The van der Waals surface area contributed by atoms with E-state index in [0.29, 0.717) is 0 Å². The van der Waals surface area contributed by atoms with Crippen LogP contribution in [0, 0.1) is 0 Å². The predicted molar refractivity (Wildman–Crippen MR) is 82.5 cm³/mol. The van der Waals surface area contributed by atoms with E-state index >= 15 is 0 Å². The molecule has 102 valence electrons. The van der Waals surface area contributed by atoms with Gasteiger partial charge in [0.1, 0.15) is 6.33 Å². The summed E-state index contributed by atoms with van der Waals surface area (Å²) < 4.78 is 2.94. The van der Waals surface area contributed by atoms with E-state index in [-0.39, 0.29) is 6.04 Å². The Morgan fingerprint density at radius 1 is 1.30 bits per heavy atom. The minimum atomic E-state index is 0.0664. The third-order valence-corrected chi connectivity index (χ3v) is 3.70. The van der Waals surface area contributed by atoms with Gasteiger partial charge in [0.2, 0.25) is 0 Å². The van der Waals surface area contributed by atoms with Crippen molar-refractivity contribution >= 4 is 32.5 Å². The van der Waals surface area contributed by atoms with Gasteiger partial charge in [-0.1, -0.05) is 15.9 Å². The maximum atomic E-state index is 4.39. The fraction of sp³-hybridized carbons (Fsp3) is 0.214. The first-order chi connectivity index (χ1) is 9.65. The van der Waals surface area contributed by atoms with Crippen molar-refractivity contribution in [2.24, 2.45) is 7.05 Å². The molecule has 1 unspecified atom stereocenters. The van der Waals surface area contributed by atoms with Gasteiger partial charge < -0.3 is 9.88 Å². The van der Waals surface area contributed by atoms with Gasteiger partial charge in [0, 0.05) is 28.8 Å². The number of benzene rings is 1. The summed E-state index contributed by atoms with van der Waals surface area (Å²) in [7, 11) is 1.94. The van der Waals surface area contributed by atoms with E-state index in [4.69, 9.17) is 0 Å². The topological polar surface area (TPSA) is 55.6 Å². The smallest absolute Gasteiger partial charge is 0.154 e. The van der Waals surface area contributed by atoms with Gasteiger partial charge in [-0.2, -0.15) is 0 Å². The summed E-state index contributed by atoms with van der Waals surface area (Å²) in [4.78, 5) is 4.39. The van der Waals surface area contributed by atoms with Gasteiger partial charge in [-0.15, -0.1) is 10.2 Å². The summed E-state index contributed by atoms with van der Waals surface area (Å²) in [5.41, 5.74) is 1.99. The molecular weight excluding hydrogens is 318 g/mol. The van der Waals surface area contributed by atoms with Gasteiger partial charge in [0.05, 0.1) is 11.6 Å². The van der Waals surface area contributed by atoms with Crippen molar-refractivity contribution in [3.8, 4) is 0 Å². The lowest BCUT2D eigenvalue weighted by atomic mass is 10.1. The Balaban J connectivity index is 1.97. The van der Waals surface area contributed by atoms with Gasteiger partial charge in [0.25, 0.3) is 0 Å². The Kier molecular flexibility index (Phi) is 3.40. The van der Waals surface area contributed by atoms with Crippen LogP contribution in [-0.2, 0) is 7.05 Å². The van der Waals surface area contributed by atoms with Crippen molar-refractivity contribution in [1.29, 1.82) is 0 Å². The summed E-state index contributed by atoms with van der Waals surface area (Å²) in [6.07, 6.45) is 3.51. The third kappa shape index (κ3) is 2.38. The lowest BCUT2D eigenvalue weighted by molar-refractivity contribution is 0.720. The number of hydrogen-bond acceptors (Lipinski definition) is 4. The van der Waals surface area contributed by atoms with Crippen molar-refractivity contribution in [3.05, 3.63) is 47.1 Å². The van der Waals surface area contributed by atoms with Crippen LogP contribution in [0.15, 0.2) is 41.3 Å². The first-order valence-electron chi connectivity index (χ1n) is 6.30. The summed E-state index contributed by atoms with van der Waals surface area (Å²) in [6, 6.07) is 8.12. The first kappa shape index (κ1) is 13.1. The molecule has 1 N–H and O–H groups in total. The molecule has 0 saturated carbocycles. The van der Waals surface area contributed by atoms with Crippen LogP contribution in [0.3, 0.4) is 0 Å². The van der Waals surface area contributed by atoms with Crippen LogP contribution < -0.4 is 5.32 Å². The number of hydrogen-bond donors (Lipinski definition) is 1. The molecule has 6 heteroatoms. The van der Waals surface area contributed by atoms with E-state index in [1.54, 1.807) is 12.5 Å². The van der Waals surface area contributed by atoms with Crippen molar-refractivity contribution in [2.45, 2.75) is 13.0 Å². The zero-order valence-corrected chi connectivity index (χ0v) is 12.8. The van der Waals surface area contributed by atoms with Crippen LogP contribution >= 0.6 is 15.9 Å². The summed E-state index contributed by atoms with van der Waals surface area (Å²) >= 11 is 3.47. The van der Waals surface area contributed by atoms with Gasteiger partial charge >= 0.3 is 0 Å². The number of aryl methyl sites for hydroxylation is 1. The maximum absolute atomic E-state index is 4.39. The van der Waals surface area contributed by atoms with Crippen molar-refractivity contribution in [1.82, 2.24) is 19.7 Å². The molecule has 5 nitrogen and oxygen atoms in total. The summed E-state index contributed by atoms with van der Waals surface area (Å²) in [6.45, 7) is 2.06. The van der Waals surface area contributed by atoms with E-state index in [2.05, 4.69) is 49.4 Å². The van der Waals surface area contributed by atoms with Crippen LogP contribution in [-0.4, -0.2) is 19.7 Å². The lowest BCUT2D eigenvalue weighted by Gasteiger charge is -2.16. The van der Waals surface area contributed by atoms with Crippen LogP contribution in [0.5, 0.6) is 0 Å². The molecule has 0 bridgehead atoms. The quantitative estimate of drug-likeness (QED) is 0.800. The highest BCUT2D eigenvalue weighted by Gasteiger charge is 2.12. The molecule has 0 spiro atoms. The highest BCUT2D eigenvalue weighted by molar-refractivity contribution is 9.10. The Bertz CT molecular complexity index is 752. The molecule has 2 aromatic heterocycles. The molecule has 0 amide bonds. The Morgan fingerprint density at radius 3 is 2.90 bits per heavy atom. The average molecular weight is 332 g/mol. The van der Waals surface area contributed by atoms with Crippen LogP contribution in [0.4, 0.5) is 5.69 Å². The largest absolute Gasteiger partial charge is 0.375 e. The fourth-order valence-corrected chi connectivity index (χ4v) is 2.58. The van der Waals surface area contributed by atoms with Gasteiger partial charge in [0.15, 0.2) is 5.82 Å². The van der Waals surface area contributed by atoms with Gasteiger partial charge in [-0.25, -0.2) is 0 Å². The van der Waals surface area contributed by atoms with Crippen LogP contribution in [0.2, 0.25) is 0 Å². The van der Waals surface area contributed by atoms with Crippen LogP contribution in [0.25, 0.3) is 10.9 Å². The van der Waals surface area contributed by atoms with E-state index in [9.17, 15) is 0 Å². The molecule has 3 rings (SSSR count). The normalized spacial score (nSPS) is 12.6. The highest BCUT2D eigenvalue weighted by atomic mass is 79.9. The second-order valence-corrected chi connectivity index (χ2v) is 5.60. The summed E-state index contributed by atoms with van der Waals surface area (Å²) in [5.74, 6) is 0.895. The second-order valence-electron chi connectivity index (χ2n) is 4.69. The highest BCUT2D eigenvalue weighted by Crippen LogP contribution is 2.27. The zero-order valence-electron chi connectivity index (χ0n) is 11.2. The zero-order chi connectivity index (χ0) is 14.1. The molecule has 20 heavy (non-hydrogen) atoms. The van der Waals surface area contributed by atoms with E-state index in [1.807, 2.05) is 29.8 Å². The number of anilines is 1. The molecule has 0 aliphatic rings. The standard InChI is InChI=1S/C14H14BrN5/c1-9(14-19-17-8-20(14)2)18-12-5-6-16-13-7-10(15)3-4-11(12)13/h3-9H,1-2H3,(H,16,18). The minimum absolute atomic E-state index is 0.0664. The molecule has 1 atom stereocenters. The van der Waals surface area contributed by atoms with E-state index in [0.717, 1.165) is 26.9 Å². The van der Waals surface area contributed by atoms with Gasteiger partial charge in [-0.3, -0.25) is 4.98 Å². The van der Waals surface area contributed by atoms with Crippen molar-refractivity contribution < 1.29 is 0 Å². The first-order valence-corrected chi connectivity index (χ1v) is 7.09. The fourth-order valence-electron chi connectivity index (χ4n) is 2.23. The number of fused-ring (bicyclic) bond motifs is 1. The molecule has 0 fully saturated rings. The number of rotatable bonds is 3. The van der Waals surface area contributed by atoms with Crippen LogP contribution in [0.1, 0.15) is 18.8 Å². The van der Waals surface area contributed by atoms with Crippen molar-refractivity contribution in [2.75, 3.05) is 5.32 Å². The number of halogens is 1. The van der Waals surface area contributed by atoms with Crippen molar-refractivity contribution in [3.63, 3.8) is 0 Å². The monoisotopic (exact) mass is 331 g/mol. The third-order valence-electron chi connectivity index (χ3n) is 3.21. The molecule has 2 heterocycles. The van der Waals surface area contributed by atoms with Gasteiger partial charge in [-0.05, 0) is 31.2 Å². The number of nitrogens with zero attached hydrogens (tertiary/aromatic N) is 4. The minimum Gasteiger partial charge on any atom is -0.375 e. The lowest BCUT2D eigenvalue weighted by Crippen LogP contribution is -2.12. The molecule has 0 aliphatic heterocycles. The van der Waals surface area contributed by atoms with E-state index < -0.39 is 0 Å². The number of pyridine rings is 1. The molecule has 0 saturated heterocycles. The molecule has 0 radical (unpaired) electrons. The Morgan fingerprint density at radius 2 is 2.15 bits per heavy atom. The number of nitrogens with one attached hydrogen (secondary N) is 1. The Labute approximate surface area is 125 Å². The second kappa shape index (κ2) is 5.20. The maximum Gasteiger partial charge on any atom is 0.154 e. The molecule has 1 aromatic carbocycles. The average Bonchev–Trinajstić information content (AvgIpc) is 2.85. The molecular formula is C14H14BrN5. The Hall–Kier alpha value is -1.95. The summed E-state index contributed by atoms with van der Waals surface area (Å²) in [5, 5.41) is 12.6.